The van der Waals surface area contributed by atoms with Gasteiger partial charge >= 0.3 is 5.97 Å². The molecule has 1 saturated heterocycles. The van der Waals surface area contributed by atoms with Crippen LogP contribution in [-0.2, 0) is 19.7 Å². The van der Waals surface area contributed by atoms with Crippen molar-refractivity contribution in [2.24, 2.45) is 0 Å². The van der Waals surface area contributed by atoms with Gasteiger partial charge in [0.05, 0.1) is 19.8 Å². The summed E-state index contributed by atoms with van der Waals surface area (Å²) in [5, 5.41) is 20.2. The predicted molar refractivity (Wildman–Crippen MR) is 115 cm³/mol. The fourth-order valence-electron chi connectivity index (χ4n) is 4.81. The Labute approximate surface area is 182 Å². The highest BCUT2D eigenvalue weighted by atomic mass is 16.5. The van der Waals surface area contributed by atoms with Gasteiger partial charge in [-0.25, -0.2) is 4.79 Å². The molecule has 0 bridgehead atoms. The molecule has 0 amide bonds. The fourth-order valence-corrected chi connectivity index (χ4v) is 4.81. The van der Waals surface area contributed by atoms with Crippen LogP contribution in [0.3, 0.4) is 0 Å². The number of quaternary nitrogens is 1. The molecular formula is C24H30N2O5. The van der Waals surface area contributed by atoms with Gasteiger partial charge in [-0.05, 0) is 23.6 Å². The summed E-state index contributed by atoms with van der Waals surface area (Å²) in [6.45, 7) is 7.65. The first kappa shape index (κ1) is 22.8. The number of hydrogen-bond donors (Lipinski definition) is 3. The van der Waals surface area contributed by atoms with Gasteiger partial charge in [0, 0.05) is 23.6 Å². The third-order valence-corrected chi connectivity index (χ3v) is 6.34. The molecule has 0 saturated carbocycles. The van der Waals surface area contributed by atoms with Crippen molar-refractivity contribution in [2.45, 2.75) is 31.2 Å². The molecule has 2 aromatic carbocycles. The number of carbonyl (C=O) groups is 2. The van der Waals surface area contributed by atoms with Crippen molar-refractivity contribution in [1.82, 2.24) is 0 Å². The monoisotopic (exact) mass is 426 g/mol. The number of benzene rings is 2. The summed E-state index contributed by atoms with van der Waals surface area (Å²) in [7, 11) is 0. The van der Waals surface area contributed by atoms with E-state index in [2.05, 4.69) is 66.8 Å². The van der Waals surface area contributed by atoms with Crippen LogP contribution in [0, 0.1) is 0 Å². The number of anilines is 1. The van der Waals surface area contributed by atoms with Crippen LogP contribution in [0.25, 0.3) is 0 Å². The summed E-state index contributed by atoms with van der Waals surface area (Å²) >= 11 is 0. The van der Waals surface area contributed by atoms with E-state index in [1.54, 1.807) is 4.90 Å². The maximum absolute atomic E-state index is 9.04. The molecule has 7 heteroatoms. The second-order valence-electron chi connectivity index (χ2n) is 7.93. The average molecular weight is 427 g/mol. The van der Waals surface area contributed by atoms with Gasteiger partial charge < -0.3 is 30.0 Å². The highest BCUT2D eigenvalue weighted by molar-refractivity contribution is 6.26. The summed E-state index contributed by atoms with van der Waals surface area (Å²) in [6.07, 6.45) is 2.30. The van der Waals surface area contributed by atoms with E-state index in [1.807, 2.05) is 0 Å². The molecule has 3 N–H and O–H groups in total. The van der Waals surface area contributed by atoms with Gasteiger partial charge in [0.25, 0.3) is 0 Å². The highest BCUT2D eigenvalue weighted by Crippen LogP contribution is 2.48. The van der Waals surface area contributed by atoms with Crippen LogP contribution >= 0.6 is 0 Å². The van der Waals surface area contributed by atoms with Gasteiger partial charge in [-0.2, -0.15) is 0 Å². The lowest BCUT2D eigenvalue weighted by atomic mass is 9.68. The van der Waals surface area contributed by atoms with Gasteiger partial charge in [0.1, 0.15) is 13.1 Å². The maximum atomic E-state index is 9.04. The minimum Gasteiger partial charge on any atom is -0.539 e. The van der Waals surface area contributed by atoms with Crippen LogP contribution in [0.1, 0.15) is 30.9 Å². The van der Waals surface area contributed by atoms with E-state index >= 15 is 0 Å². The molecule has 4 rings (SSSR count). The third kappa shape index (κ3) is 5.06. The lowest BCUT2D eigenvalue weighted by Gasteiger charge is -2.36. The SMILES string of the molecule is CCC1(c2ccccc2)c2ccccc2NC1CC[NH+]1CCOCC1.O=C([O-])C(=O)O. The zero-order chi connectivity index (χ0) is 22.3. The number of nitrogens with one attached hydrogen (secondary N) is 2. The third-order valence-electron chi connectivity index (χ3n) is 6.34. The fraction of sp³-hybridized carbons (Fsp3) is 0.417. The van der Waals surface area contributed by atoms with Crippen molar-refractivity contribution in [3.05, 3.63) is 65.7 Å². The van der Waals surface area contributed by atoms with Crippen LogP contribution in [0.2, 0.25) is 0 Å². The number of para-hydroxylation sites is 1. The zero-order valence-corrected chi connectivity index (χ0v) is 17.8. The van der Waals surface area contributed by atoms with Crippen molar-refractivity contribution in [2.75, 3.05) is 38.2 Å². The molecule has 2 aromatic rings. The van der Waals surface area contributed by atoms with Crippen LogP contribution in [0.4, 0.5) is 5.69 Å². The maximum Gasteiger partial charge on any atom is 0.351 e. The minimum absolute atomic E-state index is 0.0730. The Bertz CT molecular complexity index is 871. The molecule has 2 aliphatic rings. The first-order valence-corrected chi connectivity index (χ1v) is 10.8. The Hall–Kier alpha value is -2.90. The number of fused-ring (bicyclic) bond motifs is 1. The van der Waals surface area contributed by atoms with Crippen LogP contribution in [0.15, 0.2) is 54.6 Å². The quantitative estimate of drug-likeness (QED) is 0.595. The number of hydrogen-bond acceptors (Lipinski definition) is 5. The van der Waals surface area contributed by atoms with E-state index in [-0.39, 0.29) is 5.41 Å². The molecule has 2 heterocycles. The van der Waals surface area contributed by atoms with Crippen molar-refractivity contribution < 1.29 is 29.4 Å². The molecular weight excluding hydrogens is 396 g/mol. The zero-order valence-electron chi connectivity index (χ0n) is 17.8. The molecule has 166 valence electrons. The number of carbonyl (C=O) groups excluding carboxylic acids is 1. The van der Waals surface area contributed by atoms with Gasteiger partial charge in [-0.1, -0.05) is 55.5 Å². The number of carboxylic acids is 2. The molecule has 2 aliphatic heterocycles. The highest BCUT2D eigenvalue weighted by Gasteiger charge is 2.46. The first-order chi connectivity index (χ1) is 15.0. The molecule has 7 nitrogen and oxygen atoms in total. The number of morpholine rings is 1. The molecule has 31 heavy (non-hydrogen) atoms. The van der Waals surface area contributed by atoms with Gasteiger partial charge in [-0.15, -0.1) is 0 Å². The second-order valence-corrected chi connectivity index (χ2v) is 7.93. The van der Waals surface area contributed by atoms with Crippen molar-refractivity contribution in [3.8, 4) is 0 Å². The summed E-state index contributed by atoms with van der Waals surface area (Å²) in [5.41, 5.74) is 4.29. The Morgan fingerprint density at radius 1 is 1.13 bits per heavy atom. The van der Waals surface area contributed by atoms with Gasteiger partial charge in [0.2, 0.25) is 0 Å². The number of carboxylic acid groups (broad SMARTS) is 2. The smallest absolute Gasteiger partial charge is 0.351 e. The Kier molecular flexibility index (Phi) is 7.65. The average Bonchev–Trinajstić information content (AvgIpc) is 3.13. The minimum atomic E-state index is -2.07. The molecule has 2 atom stereocenters. The lowest BCUT2D eigenvalue weighted by Crippen LogP contribution is -3.14. The van der Waals surface area contributed by atoms with Crippen molar-refractivity contribution >= 4 is 17.6 Å². The van der Waals surface area contributed by atoms with Crippen molar-refractivity contribution in [3.63, 3.8) is 0 Å². The summed E-state index contributed by atoms with van der Waals surface area (Å²) < 4.78 is 5.52. The molecule has 0 aliphatic carbocycles. The van der Waals surface area contributed by atoms with E-state index in [9.17, 15) is 0 Å². The van der Waals surface area contributed by atoms with Crippen molar-refractivity contribution in [1.29, 1.82) is 0 Å². The Morgan fingerprint density at radius 3 is 2.35 bits per heavy atom. The lowest BCUT2D eigenvalue weighted by molar-refractivity contribution is -0.908. The van der Waals surface area contributed by atoms with Crippen LogP contribution in [-0.4, -0.2) is 55.9 Å². The predicted octanol–water partition coefficient (Wildman–Crippen LogP) is 0.303. The largest absolute Gasteiger partial charge is 0.539 e. The normalized spacial score (nSPS) is 22.5. The molecule has 2 unspecified atom stereocenters. The second kappa shape index (κ2) is 10.4. The number of aliphatic carboxylic acids is 2. The van der Waals surface area contributed by atoms with E-state index < -0.39 is 11.9 Å². The molecule has 0 aromatic heterocycles. The van der Waals surface area contributed by atoms with Crippen LogP contribution < -0.4 is 15.3 Å². The topological polar surface area (TPSA) is 103 Å². The number of rotatable bonds is 5. The van der Waals surface area contributed by atoms with Gasteiger partial charge in [0.15, 0.2) is 5.97 Å². The van der Waals surface area contributed by atoms with E-state index in [0.29, 0.717) is 6.04 Å². The molecule has 0 spiro atoms. The van der Waals surface area contributed by atoms with Crippen LogP contribution in [0.5, 0.6) is 0 Å². The summed E-state index contributed by atoms with van der Waals surface area (Å²) in [4.78, 5) is 19.7. The Morgan fingerprint density at radius 2 is 1.74 bits per heavy atom. The van der Waals surface area contributed by atoms with E-state index in [1.165, 1.54) is 29.8 Å². The molecule has 1 fully saturated rings. The molecule has 0 radical (unpaired) electrons. The standard InChI is InChI=1S/C22H28N2O.C2H2O4/c1-2-22(18-8-4-3-5-9-18)19-10-6-7-11-20(19)23-21(22)12-13-24-14-16-25-17-15-24;3-1(4)2(5)6/h3-11,21,23H,2,12-17H2,1H3;(H,3,4)(H,5,6). The number of ether oxygens (including phenoxy) is 1. The summed E-state index contributed by atoms with van der Waals surface area (Å²) in [5.74, 6) is -4.01. The van der Waals surface area contributed by atoms with Gasteiger partial charge in [-0.3, -0.25) is 0 Å². The van der Waals surface area contributed by atoms with E-state index in [0.717, 1.165) is 32.7 Å². The summed E-state index contributed by atoms with van der Waals surface area (Å²) in [6, 6.07) is 20.4. The first-order valence-electron chi connectivity index (χ1n) is 10.8. The Balaban J connectivity index is 0.000000401. The van der Waals surface area contributed by atoms with E-state index in [4.69, 9.17) is 24.5 Å².